The fraction of sp³-hybridized carbons (Fsp3) is 0.120. The molecule has 1 aliphatic heterocycles. The number of benzene rings is 3. The van der Waals surface area contributed by atoms with E-state index in [-0.39, 0.29) is 17.1 Å². The Bertz CT molecular complexity index is 1230. The monoisotopic (exact) mass is 493 g/mol. The van der Waals surface area contributed by atoms with Crippen molar-refractivity contribution in [2.45, 2.75) is 13.0 Å². The third-order valence-electron chi connectivity index (χ3n) is 5.45. The molecule has 6 nitrogen and oxygen atoms in total. The molecule has 0 spiro atoms. The zero-order chi connectivity index (χ0) is 23.0. The number of anilines is 1. The number of hydrogen-bond acceptors (Lipinski definition) is 5. The molecule has 0 radical (unpaired) electrons. The molecule has 1 atom stereocenters. The number of amides is 1. The zero-order valence-electron chi connectivity index (χ0n) is 17.4. The van der Waals surface area contributed by atoms with E-state index >= 15 is 0 Å². The molecule has 1 aliphatic rings. The van der Waals surface area contributed by atoms with Crippen molar-refractivity contribution in [3.63, 3.8) is 0 Å². The number of aromatic hydroxyl groups is 1. The Morgan fingerprint density at radius 3 is 2.25 bits per heavy atom. The summed E-state index contributed by atoms with van der Waals surface area (Å²) in [6.45, 7) is 1.92. The van der Waals surface area contributed by atoms with Gasteiger partial charge in [0.05, 0.1) is 18.7 Å². The molecule has 1 unspecified atom stereocenters. The number of aliphatic hydroxyl groups is 1. The van der Waals surface area contributed by atoms with Crippen LogP contribution in [0, 0.1) is 6.92 Å². The van der Waals surface area contributed by atoms with E-state index in [1.807, 2.05) is 13.0 Å². The molecule has 0 aromatic heterocycles. The minimum Gasteiger partial charge on any atom is -0.508 e. The average molecular weight is 494 g/mol. The molecule has 162 valence electrons. The Balaban J connectivity index is 1.92. The van der Waals surface area contributed by atoms with Crippen LogP contribution >= 0.6 is 15.9 Å². The van der Waals surface area contributed by atoms with Gasteiger partial charge in [0.1, 0.15) is 17.3 Å². The van der Waals surface area contributed by atoms with Gasteiger partial charge >= 0.3 is 0 Å². The van der Waals surface area contributed by atoms with Crippen LogP contribution in [0.3, 0.4) is 0 Å². The van der Waals surface area contributed by atoms with Crippen molar-refractivity contribution >= 4 is 39.1 Å². The fourth-order valence-electron chi connectivity index (χ4n) is 3.71. The number of hydrogen-bond donors (Lipinski definition) is 2. The zero-order valence-corrected chi connectivity index (χ0v) is 19.0. The summed E-state index contributed by atoms with van der Waals surface area (Å²) in [6, 6.07) is 17.3. The Hall–Kier alpha value is -3.58. The molecule has 1 fully saturated rings. The first-order valence-corrected chi connectivity index (χ1v) is 10.6. The van der Waals surface area contributed by atoms with Crippen LogP contribution in [0.15, 0.2) is 76.8 Å². The molecule has 0 bridgehead atoms. The van der Waals surface area contributed by atoms with Crippen molar-refractivity contribution in [1.82, 2.24) is 0 Å². The van der Waals surface area contributed by atoms with E-state index < -0.39 is 17.7 Å². The van der Waals surface area contributed by atoms with Crippen molar-refractivity contribution in [1.29, 1.82) is 0 Å². The van der Waals surface area contributed by atoms with Crippen molar-refractivity contribution in [3.8, 4) is 11.5 Å². The smallest absolute Gasteiger partial charge is 0.300 e. The third kappa shape index (κ3) is 3.76. The minimum absolute atomic E-state index is 0.0254. The Labute approximate surface area is 193 Å². The minimum atomic E-state index is -0.868. The number of carbonyl (C=O) groups is 2. The fourth-order valence-corrected chi connectivity index (χ4v) is 4.07. The number of nitrogens with zero attached hydrogens (tertiary/aromatic N) is 1. The number of phenolic OH excluding ortho intramolecular Hbond substituents is 1. The van der Waals surface area contributed by atoms with Crippen LogP contribution in [0.2, 0.25) is 0 Å². The number of rotatable bonds is 4. The lowest BCUT2D eigenvalue weighted by atomic mass is 9.95. The predicted octanol–water partition coefficient (Wildman–Crippen LogP) is 5.10. The average Bonchev–Trinajstić information content (AvgIpc) is 3.06. The molecular formula is C25H20BrNO5. The summed E-state index contributed by atoms with van der Waals surface area (Å²) in [5, 5.41) is 20.8. The van der Waals surface area contributed by atoms with Crippen LogP contribution in [0.1, 0.15) is 22.7 Å². The molecule has 1 amide bonds. The van der Waals surface area contributed by atoms with Crippen molar-refractivity contribution < 1.29 is 24.5 Å². The van der Waals surface area contributed by atoms with Gasteiger partial charge in [-0.3, -0.25) is 14.5 Å². The SMILES string of the molecule is COc1ccc(/C(O)=C2\C(=O)C(=O)N(c3ccc(C)c(Br)c3)C2c2ccc(O)cc2)cc1. The highest BCUT2D eigenvalue weighted by molar-refractivity contribution is 9.10. The lowest BCUT2D eigenvalue weighted by Crippen LogP contribution is -2.29. The molecule has 3 aromatic carbocycles. The van der Waals surface area contributed by atoms with Gasteiger partial charge in [0.2, 0.25) is 0 Å². The van der Waals surface area contributed by atoms with E-state index in [1.54, 1.807) is 48.5 Å². The summed E-state index contributed by atoms with van der Waals surface area (Å²) in [4.78, 5) is 27.6. The second kappa shape index (κ2) is 8.51. The topological polar surface area (TPSA) is 87.1 Å². The largest absolute Gasteiger partial charge is 0.508 e. The van der Waals surface area contributed by atoms with E-state index in [9.17, 15) is 19.8 Å². The normalized spacial score (nSPS) is 17.6. The first-order chi connectivity index (χ1) is 15.3. The van der Waals surface area contributed by atoms with Crippen molar-refractivity contribution in [3.05, 3.63) is 93.5 Å². The van der Waals surface area contributed by atoms with E-state index in [0.717, 1.165) is 10.0 Å². The Kier molecular flexibility index (Phi) is 5.76. The summed E-state index contributed by atoms with van der Waals surface area (Å²) in [7, 11) is 1.53. The van der Waals surface area contributed by atoms with Gasteiger partial charge in [0.15, 0.2) is 0 Å². The van der Waals surface area contributed by atoms with Gasteiger partial charge in [-0.25, -0.2) is 0 Å². The van der Waals surface area contributed by atoms with Gasteiger partial charge in [-0.15, -0.1) is 0 Å². The van der Waals surface area contributed by atoms with Crippen LogP contribution < -0.4 is 9.64 Å². The number of ketones is 1. The third-order valence-corrected chi connectivity index (χ3v) is 6.30. The maximum Gasteiger partial charge on any atom is 0.300 e. The Morgan fingerprint density at radius 2 is 1.66 bits per heavy atom. The molecule has 4 rings (SSSR count). The van der Waals surface area contributed by atoms with Gasteiger partial charge in [-0.2, -0.15) is 0 Å². The number of halogens is 1. The molecule has 0 aliphatic carbocycles. The van der Waals surface area contributed by atoms with E-state index in [4.69, 9.17) is 4.74 Å². The summed E-state index contributed by atoms with van der Waals surface area (Å²) in [5.41, 5.74) is 2.43. The van der Waals surface area contributed by atoms with Crippen molar-refractivity contribution in [2.75, 3.05) is 12.0 Å². The number of aryl methyl sites for hydroxylation is 1. The number of Topliss-reactive ketones (excluding diaryl/α,β-unsaturated/α-hetero) is 1. The van der Waals surface area contributed by atoms with Gasteiger partial charge in [0.25, 0.3) is 11.7 Å². The van der Waals surface area contributed by atoms with Crippen LogP contribution in [-0.2, 0) is 9.59 Å². The quantitative estimate of drug-likeness (QED) is 0.300. The number of methoxy groups -OCH3 is 1. The molecule has 2 N–H and O–H groups in total. The summed E-state index contributed by atoms with van der Waals surface area (Å²) < 4.78 is 5.94. The van der Waals surface area contributed by atoms with Gasteiger partial charge in [-0.05, 0) is 66.6 Å². The van der Waals surface area contributed by atoms with E-state index in [0.29, 0.717) is 22.6 Å². The molecule has 0 saturated carbocycles. The van der Waals surface area contributed by atoms with Crippen LogP contribution in [0.25, 0.3) is 5.76 Å². The van der Waals surface area contributed by atoms with Crippen LogP contribution in [0.4, 0.5) is 5.69 Å². The second-order valence-corrected chi connectivity index (χ2v) is 8.28. The van der Waals surface area contributed by atoms with Crippen LogP contribution in [0.5, 0.6) is 11.5 Å². The summed E-state index contributed by atoms with van der Waals surface area (Å²) in [5.74, 6) is -1.15. The maximum atomic E-state index is 13.1. The van der Waals surface area contributed by atoms with E-state index in [1.165, 1.54) is 24.1 Å². The lowest BCUT2D eigenvalue weighted by molar-refractivity contribution is -0.132. The highest BCUT2D eigenvalue weighted by Crippen LogP contribution is 2.43. The molecular weight excluding hydrogens is 474 g/mol. The molecule has 32 heavy (non-hydrogen) atoms. The molecule has 1 saturated heterocycles. The van der Waals surface area contributed by atoms with Gasteiger partial charge in [0, 0.05) is 15.7 Å². The number of ether oxygens (including phenoxy) is 1. The maximum absolute atomic E-state index is 13.1. The lowest BCUT2D eigenvalue weighted by Gasteiger charge is -2.26. The van der Waals surface area contributed by atoms with E-state index in [2.05, 4.69) is 15.9 Å². The first-order valence-electron chi connectivity index (χ1n) is 9.82. The standard InChI is InChI=1S/C25H20BrNO5/c1-14-3-8-17(13-20(14)26)27-22(15-4-9-18(28)10-5-15)21(24(30)25(27)31)23(29)16-6-11-19(32-2)12-7-16/h3-13,22,28-29H,1-2H3/b23-21+. The molecule has 1 heterocycles. The number of aliphatic hydroxyl groups excluding tert-OH is 1. The number of phenols is 1. The summed E-state index contributed by atoms with van der Waals surface area (Å²) >= 11 is 3.48. The van der Waals surface area contributed by atoms with Crippen LogP contribution in [-0.4, -0.2) is 29.0 Å². The second-order valence-electron chi connectivity index (χ2n) is 7.42. The highest BCUT2D eigenvalue weighted by Gasteiger charge is 2.47. The Morgan fingerprint density at radius 1 is 1.00 bits per heavy atom. The summed E-state index contributed by atoms with van der Waals surface area (Å²) in [6.07, 6.45) is 0. The number of carbonyl (C=O) groups excluding carboxylic acids is 2. The van der Waals surface area contributed by atoms with Gasteiger partial charge < -0.3 is 14.9 Å². The molecule has 7 heteroatoms. The first kappa shape index (κ1) is 21.6. The highest BCUT2D eigenvalue weighted by atomic mass is 79.9. The predicted molar refractivity (Wildman–Crippen MR) is 125 cm³/mol. The molecule has 3 aromatic rings. The van der Waals surface area contributed by atoms with Gasteiger partial charge in [-0.1, -0.05) is 34.1 Å². The van der Waals surface area contributed by atoms with Crippen molar-refractivity contribution in [2.24, 2.45) is 0 Å².